The third kappa shape index (κ3) is 1.08. The van der Waals surface area contributed by atoms with Crippen LogP contribution in [0.5, 0.6) is 0 Å². The monoisotopic (exact) mass is 150 g/mol. The largest absolute Gasteiger partial charge is 0.337 e. The number of nitrogens with one attached hydrogen (secondary N) is 1. The fraction of sp³-hybridized carbons (Fsp3) is 0. The number of aromatic amines is 1. The van der Waals surface area contributed by atoms with Crippen LogP contribution in [0.15, 0.2) is 17.6 Å². The van der Waals surface area contributed by atoms with E-state index < -0.39 is 10.0 Å². The molecule has 0 aliphatic rings. The van der Waals surface area contributed by atoms with Gasteiger partial charge in [0.25, 0.3) is 0 Å². The van der Waals surface area contributed by atoms with Crippen molar-refractivity contribution < 1.29 is 4.21 Å². The van der Waals surface area contributed by atoms with Gasteiger partial charge in [0, 0.05) is 12.4 Å². The van der Waals surface area contributed by atoms with Crippen molar-refractivity contribution in [1.29, 1.82) is 0 Å². The first-order chi connectivity index (χ1) is 3.80. The van der Waals surface area contributed by atoms with Gasteiger partial charge >= 0.3 is 0 Å². The van der Waals surface area contributed by atoms with Gasteiger partial charge < -0.3 is 4.98 Å². The molecule has 44 valence electrons. The molecular formula is C3H3ClN2OS. The van der Waals surface area contributed by atoms with Gasteiger partial charge in [0.2, 0.25) is 5.16 Å². The minimum Gasteiger partial charge on any atom is -0.337 e. The second-order valence-corrected chi connectivity index (χ2v) is 2.79. The maximum atomic E-state index is 10.3. The Labute approximate surface area is 53.0 Å². The summed E-state index contributed by atoms with van der Waals surface area (Å²) >= 11 is 0. The van der Waals surface area contributed by atoms with E-state index in [4.69, 9.17) is 10.7 Å². The van der Waals surface area contributed by atoms with E-state index in [1.165, 1.54) is 6.20 Å². The smallest absolute Gasteiger partial charge is 0.212 e. The Morgan fingerprint density at radius 1 is 1.88 bits per heavy atom. The predicted molar refractivity (Wildman–Crippen MR) is 30.8 cm³/mol. The van der Waals surface area contributed by atoms with E-state index in [1.807, 2.05) is 0 Å². The molecule has 1 N–H and O–H groups in total. The molecule has 0 saturated heterocycles. The summed E-state index contributed by atoms with van der Waals surface area (Å²) in [5.41, 5.74) is 0. The molecule has 0 amide bonds. The lowest BCUT2D eigenvalue weighted by Crippen LogP contribution is -1.81. The zero-order valence-electron chi connectivity index (χ0n) is 3.80. The summed E-state index contributed by atoms with van der Waals surface area (Å²) in [7, 11) is 3.63. The van der Waals surface area contributed by atoms with E-state index in [0.717, 1.165) is 0 Å². The van der Waals surface area contributed by atoms with Crippen LogP contribution >= 0.6 is 10.7 Å². The maximum Gasteiger partial charge on any atom is 0.212 e. The Bertz CT molecular complexity index is 185. The molecular weight excluding hydrogens is 148 g/mol. The zero-order valence-corrected chi connectivity index (χ0v) is 5.37. The van der Waals surface area contributed by atoms with Crippen molar-refractivity contribution in [3.63, 3.8) is 0 Å². The Morgan fingerprint density at radius 2 is 2.62 bits per heavy atom. The number of rotatable bonds is 1. The molecule has 1 aromatic heterocycles. The molecule has 8 heavy (non-hydrogen) atoms. The van der Waals surface area contributed by atoms with Crippen molar-refractivity contribution in [2.75, 3.05) is 0 Å². The van der Waals surface area contributed by atoms with Crippen molar-refractivity contribution in [2.24, 2.45) is 0 Å². The van der Waals surface area contributed by atoms with Crippen LogP contribution < -0.4 is 0 Å². The SMILES string of the molecule is O=S(Cl)c1ncc[nH]1. The molecule has 1 atom stereocenters. The van der Waals surface area contributed by atoms with Crippen molar-refractivity contribution in [1.82, 2.24) is 9.97 Å². The van der Waals surface area contributed by atoms with Gasteiger partial charge in [0.1, 0.15) is 0 Å². The van der Waals surface area contributed by atoms with Crippen molar-refractivity contribution in [3.05, 3.63) is 12.4 Å². The van der Waals surface area contributed by atoms with Gasteiger partial charge in [-0.3, -0.25) is 0 Å². The first kappa shape index (κ1) is 5.78. The Kier molecular flexibility index (Phi) is 1.65. The maximum absolute atomic E-state index is 10.3. The van der Waals surface area contributed by atoms with Crippen LogP contribution in [0.1, 0.15) is 0 Å². The average Bonchev–Trinajstić information content (AvgIpc) is 2.12. The summed E-state index contributed by atoms with van der Waals surface area (Å²) in [5.74, 6) is 0. The third-order valence-corrected chi connectivity index (χ3v) is 1.59. The number of nitrogens with zero attached hydrogens (tertiary/aromatic N) is 1. The van der Waals surface area contributed by atoms with Crippen LogP contribution in [0.4, 0.5) is 0 Å². The van der Waals surface area contributed by atoms with Crippen LogP contribution in [-0.4, -0.2) is 14.2 Å². The van der Waals surface area contributed by atoms with Gasteiger partial charge in [-0.2, -0.15) is 0 Å². The topological polar surface area (TPSA) is 45.8 Å². The fourth-order valence-corrected chi connectivity index (χ4v) is 0.896. The van der Waals surface area contributed by atoms with E-state index in [2.05, 4.69) is 9.97 Å². The zero-order chi connectivity index (χ0) is 5.98. The molecule has 0 saturated carbocycles. The van der Waals surface area contributed by atoms with E-state index in [1.54, 1.807) is 6.20 Å². The minimum atomic E-state index is -1.49. The van der Waals surface area contributed by atoms with Gasteiger partial charge in [-0.1, -0.05) is 0 Å². The van der Waals surface area contributed by atoms with Gasteiger partial charge in [0.15, 0.2) is 10.0 Å². The molecule has 5 heteroatoms. The van der Waals surface area contributed by atoms with Crippen molar-refractivity contribution >= 4 is 20.7 Å². The van der Waals surface area contributed by atoms with E-state index >= 15 is 0 Å². The number of hydrogen-bond acceptors (Lipinski definition) is 2. The number of imidazole rings is 1. The third-order valence-electron chi connectivity index (χ3n) is 0.625. The fourth-order valence-electron chi connectivity index (χ4n) is 0.339. The molecule has 1 rings (SSSR count). The van der Waals surface area contributed by atoms with Gasteiger partial charge in [-0.15, -0.1) is 0 Å². The second-order valence-electron chi connectivity index (χ2n) is 1.12. The quantitative estimate of drug-likeness (QED) is 0.599. The number of hydrogen-bond donors (Lipinski definition) is 1. The van der Waals surface area contributed by atoms with Crippen LogP contribution in [0.2, 0.25) is 0 Å². The van der Waals surface area contributed by atoms with E-state index in [-0.39, 0.29) is 0 Å². The summed E-state index contributed by atoms with van der Waals surface area (Å²) in [6.07, 6.45) is 3.06. The standard InChI is InChI=1S/C3H3ClN2OS/c4-8(7)3-5-1-2-6-3/h1-2H,(H,5,6). The van der Waals surface area contributed by atoms with Gasteiger partial charge in [0.05, 0.1) is 0 Å². The average molecular weight is 151 g/mol. The highest BCUT2D eigenvalue weighted by atomic mass is 35.7. The first-order valence-corrected chi connectivity index (χ1v) is 3.85. The highest BCUT2D eigenvalue weighted by Gasteiger charge is 1.97. The van der Waals surface area contributed by atoms with Crippen molar-refractivity contribution in [3.8, 4) is 0 Å². The molecule has 0 aromatic carbocycles. The molecule has 1 unspecified atom stereocenters. The van der Waals surface area contributed by atoms with Gasteiger partial charge in [-0.05, 0) is 10.7 Å². The summed E-state index contributed by atoms with van der Waals surface area (Å²) < 4.78 is 10.3. The van der Waals surface area contributed by atoms with Crippen LogP contribution in [0.25, 0.3) is 0 Å². The highest BCUT2D eigenvalue weighted by Crippen LogP contribution is 1.99. The Balaban J connectivity index is 2.93. The molecule has 1 heterocycles. The molecule has 0 aliphatic heterocycles. The molecule has 0 fully saturated rings. The molecule has 0 radical (unpaired) electrons. The number of halogens is 1. The summed E-state index contributed by atoms with van der Waals surface area (Å²) in [6.45, 7) is 0. The first-order valence-electron chi connectivity index (χ1n) is 1.88. The summed E-state index contributed by atoms with van der Waals surface area (Å²) in [4.78, 5) is 6.22. The number of aromatic nitrogens is 2. The lowest BCUT2D eigenvalue weighted by atomic mass is 11.0. The molecule has 3 nitrogen and oxygen atoms in total. The van der Waals surface area contributed by atoms with E-state index in [9.17, 15) is 4.21 Å². The molecule has 0 spiro atoms. The Morgan fingerprint density at radius 3 is 2.88 bits per heavy atom. The lowest BCUT2D eigenvalue weighted by Gasteiger charge is -1.78. The predicted octanol–water partition coefficient (Wildman–Crippen LogP) is 0.671. The Hall–Kier alpha value is -0.350. The molecule has 0 aliphatic carbocycles. The van der Waals surface area contributed by atoms with Crippen LogP contribution in [-0.2, 0) is 10.0 Å². The number of H-pyrrole nitrogens is 1. The van der Waals surface area contributed by atoms with Crippen LogP contribution in [0, 0.1) is 0 Å². The summed E-state index contributed by atoms with van der Waals surface area (Å²) in [6, 6.07) is 0. The van der Waals surface area contributed by atoms with Gasteiger partial charge in [-0.25, -0.2) is 9.19 Å². The van der Waals surface area contributed by atoms with E-state index in [0.29, 0.717) is 5.16 Å². The summed E-state index contributed by atoms with van der Waals surface area (Å²) in [5, 5.41) is 0.298. The lowest BCUT2D eigenvalue weighted by molar-refractivity contribution is 0.686. The van der Waals surface area contributed by atoms with Crippen LogP contribution in [0.3, 0.4) is 0 Å². The van der Waals surface area contributed by atoms with Crippen molar-refractivity contribution in [2.45, 2.75) is 5.16 Å². The minimum absolute atomic E-state index is 0.298. The normalized spacial score (nSPS) is 13.6. The second kappa shape index (κ2) is 2.28. The highest BCUT2D eigenvalue weighted by molar-refractivity contribution is 8.08. The molecule has 1 aromatic rings. The molecule has 0 bridgehead atoms.